The van der Waals surface area contributed by atoms with E-state index in [0.29, 0.717) is 29.0 Å². The number of halogens is 1. The molecule has 2 N–H and O–H groups in total. The van der Waals surface area contributed by atoms with Crippen molar-refractivity contribution in [3.8, 4) is 0 Å². The SMILES string of the molecule is CC1CCCC(O)(CNC(=O)c2c(Cl)ccc3nc(N4CC[C@@H](N(C)C)C4)ccc23)C1. The van der Waals surface area contributed by atoms with Crippen LogP contribution in [0.2, 0.25) is 5.02 Å². The molecule has 1 aliphatic carbocycles. The summed E-state index contributed by atoms with van der Waals surface area (Å²) in [5.74, 6) is 1.14. The Morgan fingerprint density at radius 2 is 2.13 bits per heavy atom. The molecule has 2 aromatic rings. The van der Waals surface area contributed by atoms with Crippen LogP contribution in [0.15, 0.2) is 24.3 Å². The van der Waals surface area contributed by atoms with Crippen molar-refractivity contribution in [3.63, 3.8) is 0 Å². The second-order valence-corrected chi connectivity index (χ2v) is 10.0. The minimum Gasteiger partial charge on any atom is -0.388 e. The van der Waals surface area contributed by atoms with Crippen LogP contribution in [-0.2, 0) is 0 Å². The lowest BCUT2D eigenvalue weighted by atomic mass is 9.79. The number of hydrogen-bond donors (Lipinski definition) is 2. The van der Waals surface area contributed by atoms with Crippen molar-refractivity contribution < 1.29 is 9.90 Å². The Balaban J connectivity index is 1.53. The highest BCUT2D eigenvalue weighted by atomic mass is 35.5. The summed E-state index contributed by atoms with van der Waals surface area (Å²) in [7, 11) is 4.22. The van der Waals surface area contributed by atoms with E-state index in [4.69, 9.17) is 16.6 Å². The van der Waals surface area contributed by atoms with E-state index < -0.39 is 5.60 Å². The van der Waals surface area contributed by atoms with Crippen molar-refractivity contribution in [2.45, 2.75) is 50.7 Å². The summed E-state index contributed by atoms with van der Waals surface area (Å²) in [6, 6.07) is 8.05. The number of aliphatic hydroxyl groups is 1. The first-order valence-corrected chi connectivity index (χ1v) is 11.6. The third-order valence-corrected chi connectivity index (χ3v) is 7.21. The fourth-order valence-electron chi connectivity index (χ4n) is 5.07. The highest BCUT2D eigenvalue weighted by Crippen LogP contribution is 2.32. The molecule has 0 radical (unpaired) electrons. The van der Waals surface area contributed by atoms with Gasteiger partial charge in [-0.3, -0.25) is 4.79 Å². The topological polar surface area (TPSA) is 68.7 Å². The van der Waals surface area contributed by atoms with Gasteiger partial charge in [-0.1, -0.05) is 31.4 Å². The first-order valence-electron chi connectivity index (χ1n) is 11.3. The molecular formula is C24H33ClN4O2. The van der Waals surface area contributed by atoms with Gasteiger partial charge in [0.15, 0.2) is 0 Å². The molecule has 168 valence electrons. The van der Waals surface area contributed by atoms with Gasteiger partial charge >= 0.3 is 0 Å². The summed E-state index contributed by atoms with van der Waals surface area (Å²) in [4.78, 5) is 22.4. The highest BCUT2D eigenvalue weighted by molar-refractivity contribution is 6.35. The summed E-state index contributed by atoms with van der Waals surface area (Å²) in [6.07, 6.45) is 4.66. The Morgan fingerprint density at radius 3 is 2.84 bits per heavy atom. The van der Waals surface area contributed by atoms with Gasteiger partial charge in [0.05, 0.1) is 21.7 Å². The number of aromatic nitrogens is 1. The van der Waals surface area contributed by atoms with Gasteiger partial charge in [0.25, 0.3) is 5.91 Å². The van der Waals surface area contributed by atoms with Crippen LogP contribution >= 0.6 is 11.6 Å². The van der Waals surface area contributed by atoms with Crippen LogP contribution in [0.5, 0.6) is 0 Å². The predicted molar refractivity (Wildman–Crippen MR) is 126 cm³/mol. The molecule has 1 amide bonds. The van der Waals surface area contributed by atoms with Crippen molar-refractivity contribution in [3.05, 3.63) is 34.9 Å². The number of hydrogen-bond acceptors (Lipinski definition) is 5. The van der Waals surface area contributed by atoms with Gasteiger partial charge in [-0.15, -0.1) is 0 Å². The van der Waals surface area contributed by atoms with Gasteiger partial charge in [0.1, 0.15) is 5.82 Å². The first-order chi connectivity index (χ1) is 14.8. The maximum absolute atomic E-state index is 13.1. The second-order valence-electron chi connectivity index (χ2n) is 9.62. The molecule has 1 saturated carbocycles. The second kappa shape index (κ2) is 8.93. The molecule has 1 aliphatic heterocycles. The molecule has 2 unspecified atom stereocenters. The van der Waals surface area contributed by atoms with Crippen LogP contribution < -0.4 is 10.2 Å². The van der Waals surface area contributed by atoms with E-state index in [1.807, 2.05) is 18.2 Å². The van der Waals surface area contributed by atoms with E-state index in [1.54, 1.807) is 6.07 Å². The summed E-state index contributed by atoms with van der Waals surface area (Å²) < 4.78 is 0. The quantitative estimate of drug-likeness (QED) is 0.735. The van der Waals surface area contributed by atoms with Crippen molar-refractivity contribution >= 4 is 34.2 Å². The number of amides is 1. The third-order valence-electron chi connectivity index (χ3n) is 6.90. The van der Waals surface area contributed by atoms with Crippen molar-refractivity contribution in [2.75, 3.05) is 38.6 Å². The van der Waals surface area contributed by atoms with E-state index >= 15 is 0 Å². The van der Waals surface area contributed by atoms with Gasteiger partial charge < -0.3 is 20.2 Å². The van der Waals surface area contributed by atoms with Crippen molar-refractivity contribution in [1.29, 1.82) is 0 Å². The molecule has 1 aromatic heterocycles. The maximum atomic E-state index is 13.1. The zero-order valence-electron chi connectivity index (χ0n) is 18.7. The van der Waals surface area contributed by atoms with E-state index in [-0.39, 0.29) is 12.5 Å². The summed E-state index contributed by atoms with van der Waals surface area (Å²) >= 11 is 6.43. The van der Waals surface area contributed by atoms with Gasteiger partial charge in [-0.2, -0.15) is 0 Å². The number of likely N-dealkylation sites (N-methyl/N-ethyl adjacent to an activating group) is 1. The zero-order chi connectivity index (χ0) is 22.2. The van der Waals surface area contributed by atoms with Crippen molar-refractivity contribution in [1.82, 2.24) is 15.2 Å². The number of pyridine rings is 1. The number of carbonyl (C=O) groups excluding carboxylic acids is 1. The Labute approximate surface area is 189 Å². The fraction of sp³-hybridized carbons (Fsp3) is 0.583. The lowest BCUT2D eigenvalue weighted by molar-refractivity contribution is -0.0109. The van der Waals surface area contributed by atoms with Gasteiger partial charge in [-0.05, 0) is 63.5 Å². The number of nitrogens with zero attached hydrogens (tertiary/aromatic N) is 3. The number of benzene rings is 1. The van der Waals surface area contributed by atoms with Crippen LogP contribution in [0.4, 0.5) is 5.82 Å². The Bertz CT molecular complexity index is 966. The molecule has 1 aromatic carbocycles. The molecule has 1 saturated heterocycles. The normalized spacial score (nSPS) is 26.6. The largest absolute Gasteiger partial charge is 0.388 e. The minimum absolute atomic E-state index is 0.244. The molecule has 4 rings (SSSR count). The molecule has 0 spiro atoms. The molecule has 31 heavy (non-hydrogen) atoms. The standard InChI is InChI=1S/C24H33ClN4O2/c1-16-5-4-11-24(31,13-16)15-26-23(30)22-18-6-9-21(27-20(18)8-7-19(22)25)29-12-10-17(14-29)28(2)3/h6-9,16-17,31H,4-5,10-15H2,1-3H3,(H,26,30)/t16?,17-,24?/m1/s1. The monoisotopic (exact) mass is 444 g/mol. The van der Waals surface area contributed by atoms with E-state index in [1.165, 1.54) is 0 Å². The van der Waals surface area contributed by atoms with Crippen molar-refractivity contribution in [2.24, 2.45) is 5.92 Å². The molecule has 2 heterocycles. The smallest absolute Gasteiger partial charge is 0.253 e. The molecule has 2 fully saturated rings. The molecular weight excluding hydrogens is 412 g/mol. The maximum Gasteiger partial charge on any atom is 0.253 e. The summed E-state index contributed by atoms with van der Waals surface area (Å²) in [6.45, 7) is 4.31. The van der Waals surface area contributed by atoms with Crippen LogP contribution in [0, 0.1) is 5.92 Å². The van der Waals surface area contributed by atoms with Gasteiger partial charge in [-0.25, -0.2) is 4.98 Å². The Hall–Kier alpha value is -1.89. The highest BCUT2D eigenvalue weighted by Gasteiger charge is 2.33. The fourth-order valence-corrected chi connectivity index (χ4v) is 5.32. The minimum atomic E-state index is -0.839. The molecule has 6 nitrogen and oxygen atoms in total. The van der Waals surface area contributed by atoms with E-state index in [2.05, 4.69) is 36.1 Å². The number of anilines is 1. The lowest BCUT2D eigenvalue weighted by Crippen LogP contribution is -2.45. The van der Waals surface area contributed by atoms with Gasteiger partial charge in [0, 0.05) is 31.1 Å². The summed E-state index contributed by atoms with van der Waals surface area (Å²) in [5, 5.41) is 14.9. The number of fused-ring (bicyclic) bond motifs is 1. The number of nitrogens with one attached hydrogen (secondary N) is 1. The summed E-state index contributed by atoms with van der Waals surface area (Å²) in [5.41, 5.74) is 0.345. The van der Waals surface area contributed by atoms with Crippen LogP contribution in [0.1, 0.15) is 49.4 Å². The molecule has 0 bridgehead atoms. The molecule has 3 atom stereocenters. The van der Waals surface area contributed by atoms with Crippen LogP contribution in [-0.4, -0.2) is 66.3 Å². The predicted octanol–water partition coefficient (Wildman–Crippen LogP) is 3.70. The first kappa shape index (κ1) is 22.3. The number of rotatable bonds is 5. The zero-order valence-corrected chi connectivity index (χ0v) is 19.5. The van der Waals surface area contributed by atoms with E-state index in [9.17, 15) is 9.90 Å². The van der Waals surface area contributed by atoms with E-state index in [0.717, 1.165) is 55.5 Å². The Morgan fingerprint density at radius 1 is 1.32 bits per heavy atom. The average molecular weight is 445 g/mol. The lowest BCUT2D eigenvalue weighted by Gasteiger charge is -2.35. The molecule has 2 aliphatic rings. The number of carbonyl (C=O) groups is 1. The third kappa shape index (κ3) is 4.81. The molecule has 7 heteroatoms. The average Bonchev–Trinajstić information content (AvgIpc) is 3.22. The Kier molecular flexibility index (Phi) is 6.42. The van der Waals surface area contributed by atoms with Gasteiger partial charge in [0.2, 0.25) is 0 Å². The van der Waals surface area contributed by atoms with Crippen LogP contribution in [0.25, 0.3) is 10.9 Å². The van der Waals surface area contributed by atoms with Crippen LogP contribution in [0.3, 0.4) is 0 Å².